The number of nitro groups is 1. The third kappa shape index (κ3) is 3.38. The minimum absolute atomic E-state index is 0.0275. The van der Waals surface area contributed by atoms with E-state index < -0.39 is 14.9 Å². The summed E-state index contributed by atoms with van der Waals surface area (Å²) in [5, 5.41) is 10.7. The average Bonchev–Trinajstić information content (AvgIpc) is 2.59. The molecule has 0 N–H and O–H groups in total. The van der Waals surface area contributed by atoms with Crippen LogP contribution in [0.15, 0.2) is 66.1 Å². The van der Waals surface area contributed by atoms with Crippen LogP contribution in [-0.4, -0.2) is 27.0 Å². The number of hydrogen-bond acceptors (Lipinski definition) is 5. The molecule has 0 saturated heterocycles. The van der Waals surface area contributed by atoms with Crippen LogP contribution in [0.1, 0.15) is 0 Å². The Kier molecular flexibility index (Phi) is 5.20. The van der Waals surface area contributed by atoms with Crippen LogP contribution in [0.2, 0.25) is 0 Å². The van der Waals surface area contributed by atoms with Crippen molar-refractivity contribution in [2.45, 2.75) is 4.90 Å². The number of methoxy groups -OCH3 is 1. The Balaban J connectivity index is 2.53. The van der Waals surface area contributed by atoms with Gasteiger partial charge < -0.3 is 4.74 Å². The van der Waals surface area contributed by atoms with Crippen LogP contribution in [0.3, 0.4) is 0 Å². The van der Waals surface area contributed by atoms with Gasteiger partial charge in [-0.1, -0.05) is 18.2 Å². The van der Waals surface area contributed by atoms with Gasteiger partial charge in [-0.2, -0.15) is 0 Å². The molecule has 0 aromatic heterocycles. The van der Waals surface area contributed by atoms with Gasteiger partial charge in [-0.05, 0) is 24.3 Å². The van der Waals surface area contributed by atoms with Crippen LogP contribution in [0.5, 0.6) is 5.75 Å². The Morgan fingerprint density at radius 2 is 1.83 bits per heavy atom. The Labute approximate surface area is 140 Å². The second-order valence-electron chi connectivity index (χ2n) is 4.75. The van der Waals surface area contributed by atoms with Crippen molar-refractivity contribution in [1.29, 1.82) is 0 Å². The summed E-state index contributed by atoms with van der Waals surface area (Å²) in [6, 6.07) is 11.4. The maximum absolute atomic E-state index is 12.9. The zero-order valence-electron chi connectivity index (χ0n) is 13.0. The third-order valence-corrected chi connectivity index (χ3v) is 5.08. The van der Waals surface area contributed by atoms with E-state index in [9.17, 15) is 18.5 Å². The zero-order chi connectivity index (χ0) is 17.7. The molecule has 0 spiro atoms. The molecule has 0 bridgehead atoms. The van der Waals surface area contributed by atoms with E-state index in [0.717, 1.165) is 16.4 Å². The van der Waals surface area contributed by atoms with Gasteiger partial charge in [0.2, 0.25) is 0 Å². The number of non-ortho nitro benzene ring substituents is 1. The van der Waals surface area contributed by atoms with E-state index in [0.29, 0.717) is 11.4 Å². The van der Waals surface area contributed by atoms with Crippen LogP contribution in [0.4, 0.5) is 11.4 Å². The van der Waals surface area contributed by atoms with Gasteiger partial charge in [0.15, 0.2) is 0 Å². The number of rotatable bonds is 7. The van der Waals surface area contributed by atoms with E-state index in [2.05, 4.69) is 6.58 Å². The summed E-state index contributed by atoms with van der Waals surface area (Å²) in [7, 11) is -2.48. The monoisotopic (exact) mass is 348 g/mol. The Morgan fingerprint density at radius 3 is 2.38 bits per heavy atom. The third-order valence-electron chi connectivity index (χ3n) is 3.28. The topological polar surface area (TPSA) is 89.8 Å². The van der Waals surface area contributed by atoms with Crippen LogP contribution in [0, 0.1) is 10.1 Å². The summed E-state index contributed by atoms with van der Waals surface area (Å²) in [6.45, 7) is 3.62. The summed E-state index contributed by atoms with van der Waals surface area (Å²) in [5.74, 6) is 0.393. The largest absolute Gasteiger partial charge is 0.495 e. The summed E-state index contributed by atoms with van der Waals surface area (Å²) in [4.78, 5) is 10.1. The van der Waals surface area contributed by atoms with Gasteiger partial charge in [0.25, 0.3) is 15.7 Å². The fourth-order valence-corrected chi connectivity index (χ4v) is 3.59. The molecule has 2 aromatic carbocycles. The second kappa shape index (κ2) is 7.14. The first-order valence-corrected chi connectivity index (χ1v) is 8.37. The standard InChI is InChI=1S/C16H16N2O5S/c1-3-12-17(15-6-4-5-7-16(15)23-2)24(21,22)14-10-8-13(9-11-14)18(19)20/h3-11H,1,12H2,2H3. The predicted molar refractivity (Wildman–Crippen MR) is 90.8 cm³/mol. The van der Waals surface area contributed by atoms with E-state index in [4.69, 9.17) is 4.74 Å². The molecule has 0 radical (unpaired) electrons. The van der Waals surface area contributed by atoms with E-state index in [1.165, 1.54) is 25.3 Å². The maximum Gasteiger partial charge on any atom is 0.269 e. The molecule has 0 fully saturated rings. The first-order valence-electron chi connectivity index (χ1n) is 6.93. The molecule has 0 heterocycles. The molecule has 0 unspecified atom stereocenters. The van der Waals surface area contributed by atoms with Crippen molar-refractivity contribution in [3.8, 4) is 5.75 Å². The number of anilines is 1. The minimum atomic E-state index is -3.93. The number of para-hydroxylation sites is 2. The van der Waals surface area contributed by atoms with Crippen LogP contribution >= 0.6 is 0 Å². The Hall–Kier alpha value is -2.87. The number of sulfonamides is 1. The normalized spacial score (nSPS) is 10.9. The van der Waals surface area contributed by atoms with Crippen molar-refractivity contribution in [3.05, 3.63) is 71.3 Å². The highest BCUT2D eigenvalue weighted by molar-refractivity contribution is 7.92. The number of ether oxygens (including phenoxy) is 1. The molecule has 8 heteroatoms. The van der Waals surface area contributed by atoms with Crippen molar-refractivity contribution < 1.29 is 18.1 Å². The summed E-state index contributed by atoms with van der Waals surface area (Å²) in [5.41, 5.74) is 0.180. The highest BCUT2D eigenvalue weighted by atomic mass is 32.2. The van der Waals surface area contributed by atoms with Gasteiger partial charge in [-0.25, -0.2) is 8.42 Å². The molecule has 126 valence electrons. The first-order chi connectivity index (χ1) is 11.4. The highest BCUT2D eigenvalue weighted by Crippen LogP contribution is 2.32. The van der Waals surface area contributed by atoms with Crippen molar-refractivity contribution in [3.63, 3.8) is 0 Å². The van der Waals surface area contributed by atoms with Gasteiger partial charge in [-0.15, -0.1) is 6.58 Å². The van der Waals surface area contributed by atoms with E-state index in [1.54, 1.807) is 24.3 Å². The summed E-state index contributed by atoms with van der Waals surface area (Å²) >= 11 is 0. The SMILES string of the molecule is C=CCN(c1ccccc1OC)S(=O)(=O)c1ccc([N+](=O)[O-])cc1. The fourth-order valence-electron chi connectivity index (χ4n) is 2.15. The molecular weight excluding hydrogens is 332 g/mol. The van der Waals surface area contributed by atoms with Gasteiger partial charge in [-0.3, -0.25) is 14.4 Å². The van der Waals surface area contributed by atoms with Gasteiger partial charge in [0.05, 0.1) is 29.2 Å². The molecule has 0 aliphatic carbocycles. The van der Waals surface area contributed by atoms with Gasteiger partial charge >= 0.3 is 0 Å². The molecule has 0 aliphatic rings. The summed E-state index contributed by atoms with van der Waals surface area (Å²) < 4.78 is 32.2. The van der Waals surface area contributed by atoms with Crippen LogP contribution in [0.25, 0.3) is 0 Å². The van der Waals surface area contributed by atoms with Crippen molar-refractivity contribution in [2.75, 3.05) is 18.0 Å². The van der Waals surface area contributed by atoms with Crippen LogP contribution in [-0.2, 0) is 10.0 Å². The molecule has 0 atom stereocenters. The lowest BCUT2D eigenvalue weighted by molar-refractivity contribution is -0.384. The fraction of sp³-hybridized carbons (Fsp3) is 0.125. The lowest BCUT2D eigenvalue weighted by atomic mass is 10.3. The van der Waals surface area contributed by atoms with Crippen LogP contribution < -0.4 is 9.04 Å². The smallest absolute Gasteiger partial charge is 0.269 e. The molecule has 0 saturated carbocycles. The molecule has 24 heavy (non-hydrogen) atoms. The number of hydrogen-bond donors (Lipinski definition) is 0. The molecule has 0 amide bonds. The Morgan fingerprint density at radius 1 is 1.21 bits per heavy atom. The van der Waals surface area contributed by atoms with E-state index >= 15 is 0 Å². The lowest BCUT2D eigenvalue weighted by Crippen LogP contribution is -2.31. The average molecular weight is 348 g/mol. The maximum atomic E-state index is 12.9. The molecular formula is C16H16N2O5S. The minimum Gasteiger partial charge on any atom is -0.495 e. The Bertz CT molecular complexity index is 847. The quantitative estimate of drug-likeness (QED) is 0.436. The second-order valence-corrected chi connectivity index (χ2v) is 6.61. The molecule has 2 aromatic rings. The van der Waals surface area contributed by atoms with Crippen molar-refractivity contribution in [1.82, 2.24) is 0 Å². The number of benzene rings is 2. The molecule has 0 aliphatic heterocycles. The molecule has 2 rings (SSSR count). The van der Waals surface area contributed by atoms with Crippen molar-refractivity contribution >= 4 is 21.4 Å². The number of nitro benzene ring substituents is 1. The molecule has 7 nitrogen and oxygen atoms in total. The predicted octanol–water partition coefficient (Wildman–Crippen LogP) is 2.98. The van der Waals surface area contributed by atoms with E-state index in [-0.39, 0.29) is 17.1 Å². The zero-order valence-corrected chi connectivity index (χ0v) is 13.8. The van der Waals surface area contributed by atoms with Crippen molar-refractivity contribution in [2.24, 2.45) is 0 Å². The first kappa shape index (κ1) is 17.5. The summed E-state index contributed by atoms with van der Waals surface area (Å²) in [6.07, 6.45) is 1.45. The van der Waals surface area contributed by atoms with Gasteiger partial charge in [0, 0.05) is 12.1 Å². The highest BCUT2D eigenvalue weighted by Gasteiger charge is 2.26. The van der Waals surface area contributed by atoms with Gasteiger partial charge in [0.1, 0.15) is 5.75 Å². The van der Waals surface area contributed by atoms with E-state index in [1.807, 2.05) is 0 Å². The lowest BCUT2D eigenvalue weighted by Gasteiger charge is -2.24. The number of nitrogens with zero attached hydrogens (tertiary/aromatic N) is 2.